The lowest BCUT2D eigenvalue weighted by Crippen LogP contribution is -2.55. The molecule has 5 aromatic rings. The van der Waals surface area contributed by atoms with Crippen LogP contribution in [0, 0.1) is 11.7 Å². The van der Waals surface area contributed by atoms with E-state index in [1.807, 2.05) is 35.2 Å². The van der Waals surface area contributed by atoms with E-state index in [0.29, 0.717) is 104 Å². The van der Waals surface area contributed by atoms with Crippen molar-refractivity contribution in [2.75, 3.05) is 89.9 Å². The molecule has 1 unspecified atom stereocenters. The topological polar surface area (TPSA) is 217 Å². The normalized spacial score (nSPS) is 21.3. The molecule has 0 spiro atoms. The maximum Gasteiger partial charge on any atom is 0.262 e. The molecule has 21 heteroatoms. The monoisotopic (exact) mass is 958 g/mol. The first kappa shape index (κ1) is 44.4. The zero-order valence-corrected chi connectivity index (χ0v) is 38.7. The van der Waals surface area contributed by atoms with Crippen LogP contribution in [0.2, 0.25) is 0 Å². The molecule has 5 amide bonds. The number of amides is 5. The van der Waals surface area contributed by atoms with Gasteiger partial charge in [-0.15, -0.1) is 0 Å². The fourth-order valence-electron chi connectivity index (χ4n) is 10.9. The highest BCUT2D eigenvalue weighted by molar-refractivity contribution is 7.92. The molecule has 2 atom stereocenters. The third kappa shape index (κ3) is 8.25. The Labute approximate surface area is 397 Å². The lowest BCUT2D eigenvalue weighted by Gasteiger charge is -2.43. The van der Waals surface area contributed by atoms with E-state index in [1.54, 1.807) is 30.5 Å². The summed E-state index contributed by atoms with van der Waals surface area (Å²) in [6.07, 6.45) is 6.08. The van der Waals surface area contributed by atoms with Crippen LogP contribution in [0.4, 0.5) is 44.6 Å². The van der Waals surface area contributed by atoms with Gasteiger partial charge >= 0.3 is 0 Å². The zero-order chi connectivity index (χ0) is 47.7. The Kier molecular flexibility index (Phi) is 11.2. The summed E-state index contributed by atoms with van der Waals surface area (Å²) < 4.78 is 42.5. The highest BCUT2D eigenvalue weighted by atomic mass is 32.2. The second-order valence-electron chi connectivity index (χ2n) is 18.6. The number of piperidine rings is 2. The molecule has 4 saturated heterocycles. The van der Waals surface area contributed by atoms with Gasteiger partial charge < -0.3 is 30.3 Å². The summed E-state index contributed by atoms with van der Waals surface area (Å²) in [5.74, 6) is -1.94. The molecule has 0 saturated carbocycles. The highest BCUT2D eigenvalue weighted by Crippen LogP contribution is 2.40. The van der Waals surface area contributed by atoms with E-state index in [9.17, 15) is 32.4 Å². The molecule has 3 aromatic carbocycles. The second-order valence-corrected chi connectivity index (χ2v) is 20.5. The number of carbonyl (C=O) groups is 5. The van der Waals surface area contributed by atoms with Crippen LogP contribution in [0.5, 0.6) is 0 Å². The van der Waals surface area contributed by atoms with Gasteiger partial charge in [-0.25, -0.2) is 12.8 Å². The molecule has 358 valence electrons. The van der Waals surface area contributed by atoms with Crippen molar-refractivity contribution < 1.29 is 36.8 Å². The molecular formula is C48H51FN12O7S. The average molecular weight is 959 g/mol. The van der Waals surface area contributed by atoms with E-state index in [4.69, 9.17) is 4.98 Å². The van der Waals surface area contributed by atoms with Gasteiger partial charge in [0.05, 0.1) is 45.7 Å². The van der Waals surface area contributed by atoms with E-state index in [1.165, 1.54) is 16.6 Å². The smallest absolute Gasteiger partial charge is 0.262 e. The van der Waals surface area contributed by atoms with Crippen molar-refractivity contribution in [2.24, 2.45) is 5.92 Å². The van der Waals surface area contributed by atoms with Crippen molar-refractivity contribution in [1.29, 1.82) is 0 Å². The third-order valence-corrected chi connectivity index (χ3v) is 15.7. The highest BCUT2D eigenvalue weighted by Gasteiger charge is 2.45. The molecule has 69 heavy (non-hydrogen) atoms. The number of nitrogens with zero attached hydrogens (tertiary/aromatic N) is 8. The molecule has 6 aliphatic rings. The number of piperazine rings is 1. The molecule has 0 bridgehead atoms. The minimum Gasteiger partial charge on any atom is -0.371 e. The number of halogens is 1. The molecule has 2 aromatic heterocycles. The van der Waals surface area contributed by atoms with Crippen molar-refractivity contribution in [3.63, 3.8) is 0 Å². The maximum absolute atomic E-state index is 15.9. The van der Waals surface area contributed by atoms with Crippen LogP contribution in [0.15, 0.2) is 66.9 Å². The zero-order valence-electron chi connectivity index (χ0n) is 37.9. The van der Waals surface area contributed by atoms with E-state index in [-0.39, 0.29) is 47.6 Å². The first-order valence-corrected chi connectivity index (χ1v) is 25.3. The van der Waals surface area contributed by atoms with Crippen LogP contribution in [0.1, 0.15) is 58.4 Å². The van der Waals surface area contributed by atoms with Gasteiger partial charge in [0, 0.05) is 88.9 Å². The Hall–Kier alpha value is -7.13. The van der Waals surface area contributed by atoms with E-state index >= 15 is 4.39 Å². The summed E-state index contributed by atoms with van der Waals surface area (Å²) in [5.41, 5.74) is 4.85. The van der Waals surface area contributed by atoms with Gasteiger partial charge in [0.25, 0.3) is 11.8 Å². The largest absolute Gasteiger partial charge is 0.371 e. The summed E-state index contributed by atoms with van der Waals surface area (Å²) in [6.45, 7) is 5.61. The summed E-state index contributed by atoms with van der Waals surface area (Å²) in [7, 11) is -3.49. The number of H-pyrrole nitrogens is 1. The summed E-state index contributed by atoms with van der Waals surface area (Å²) in [5, 5.41) is 9.43. The van der Waals surface area contributed by atoms with Crippen LogP contribution < -0.4 is 30.1 Å². The number of nitrogens with one attached hydrogen (secondary N) is 4. The van der Waals surface area contributed by atoms with Gasteiger partial charge in [-0.2, -0.15) is 9.97 Å². The number of benzene rings is 3. The Morgan fingerprint density at radius 3 is 2.35 bits per heavy atom. The Bertz CT molecular complexity index is 3060. The van der Waals surface area contributed by atoms with Crippen molar-refractivity contribution in [1.82, 2.24) is 35.0 Å². The van der Waals surface area contributed by atoms with Crippen molar-refractivity contribution >= 4 is 90.8 Å². The number of anilines is 7. The molecule has 0 aliphatic carbocycles. The quantitative estimate of drug-likeness (QED) is 0.146. The van der Waals surface area contributed by atoms with Crippen molar-refractivity contribution in [2.45, 2.75) is 50.6 Å². The Balaban J connectivity index is 0.668. The van der Waals surface area contributed by atoms with Gasteiger partial charge in [-0.3, -0.25) is 43.4 Å². The number of para-hydroxylation sites is 1. The Morgan fingerprint density at radius 1 is 0.797 bits per heavy atom. The molecule has 6 aliphatic heterocycles. The standard InChI is InChI=1S/C48H51FN12O7S/c1-69(67,68)60-20-13-28-3-2-4-37(41(28)60)52-43-34-11-16-50-42(34)54-48(55-43)51-30-5-8-38(36(49)25-30)57-18-14-31(15-19-57)56-21-23-58(24-22-56)45(64)29-12-17-59(27-29)32-6-7-33-35(26-32)47(66)61(46(33)65)39-9-10-40(62)53-44(39)63/h2-8,11,16,25-26,29,31,39H,9-10,12-15,17-24,27H2,1H3,(H,53,62,63)(H3,50,51,52,54,55)/t29-,39?/m0/s1. The van der Waals surface area contributed by atoms with Gasteiger partial charge in [0.2, 0.25) is 33.7 Å². The van der Waals surface area contributed by atoms with Crippen LogP contribution in [0.3, 0.4) is 0 Å². The Morgan fingerprint density at radius 2 is 1.58 bits per heavy atom. The molecule has 11 rings (SSSR count). The molecule has 4 N–H and O–H groups in total. The SMILES string of the molecule is CS(=O)(=O)N1CCc2cccc(Nc3nc(Nc4ccc(N5CCC(N6CCN(C(=O)[C@H]7CCN(c8ccc9c(c8)C(=O)N(C8CCC(=O)NC8=O)C9=O)C7)CC6)CC5)c(F)c4)nc4[nH]ccc34)c21. The number of rotatable bonds is 10. The summed E-state index contributed by atoms with van der Waals surface area (Å²) in [6, 6.07) is 16.8. The van der Waals surface area contributed by atoms with E-state index < -0.39 is 39.7 Å². The van der Waals surface area contributed by atoms with Crippen LogP contribution >= 0.6 is 0 Å². The number of imide groups is 2. The molecule has 8 heterocycles. The number of fused-ring (bicyclic) bond motifs is 3. The van der Waals surface area contributed by atoms with Crippen LogP contribution in [0.25, 0.3) is 11.0 Å². The summed E-state index contributed by atoms with van der Waals surface area (Å²) in [4.78, 5) is 86.5. The number of aromatic nitrogens is 3. The number of sulfonamides is 1. The molecule has 0 radical (unpaired) electrons. The fraction of sp³-hybridized carbons (Fsp3) is 0.396. The fourth-order valence-corrected chi connectivity index (χ4v) is 11.9. The predicted molar refractivity (Wildman–Crippen MR) is 256 cm³/mol. The number of carbonyl (C=O) groups excluding carboxylic acids is 5. The van der Waals surface area contributed by atoms with Gasteiger partial charge in [-0.1, -0.05) is 12.1 Å². The van der Waals surface area contributed by atoms with Crippen molar-refractivity contribution in [3.05, 3.63) is 89.4 Å². The van der Waals surface area contributed by atoms with Crippen LogP contribution in [-0.4, -0.2) is 145 Å². The first-order valence-electron chi connectivity index (χ1n) is 23.4. The number of hydrogen-bond donors (Lipinski definition) is 4. The first-order chi connectivity index (χ1) is 33.3. The number of hydrogen-bond acceptors (Lipinski definition) is 14. The molecule has 19 nitrogen and oxygen atoms in total. The minimum atomic E-state index is -3.49. The third-order valence-electron chi connectivity index (χ3n) is 14.5. The summed E-state index contributed by atoms with van der Waals surface area (Å²) >= 11 is 0. The van der Waals surface area contributed by atoms with Gasteiger partial charge in [0.1, 0.15) is 23.3 Å². The maximum atomic E-state index is 15.9. The lowest BCUT2D eigenvalue weighted by molar-refractivity contribution is -0.137. The minimum absolute atomic E-state index is 0.0517. The van der Waals surface area contributed by atoms with E-state index in [0.717, 1.165) is 42.1 Å². The van der Waals surface area contributed by atoms with Gasteiger partial charge in [-0.05, 0) is 86.2 Å². The average Bonchev–Trinajstić information content (AvgIpc) is 4.16. The van der Waals surface area contributed by atoms with Gasteiger partial charge in [0.15, 0.2) is 0 Å². The predicted octanol–water partition coefficient (Wildman–Crippen LogP) is 3.95. The lowest BCUT2D eigenvalue weighted by atomic mass is 10.0. The molecule has 4 fully saturated rings. The number of aromatic amines is 1. The second kappa shape index (κ2) is 17.4. The van der Waals surface area contributed by atoms with Crippen molar-refractivity contribution in [3.8, 4) is 0 Å². The van der Waals surface area contributed by atoms with E-state index in [2.05, 4.69) is 40.6 Å². The van der Waals surface area contributed by atoms with Crippen LogP contribution in [-0.2, 0) is 30.8 Å². The molecular weight excluding hydrogens is 908 g/mol.